The van der Waals surface area contributed by atoms with Gasteiger partial charge >= 0.3 is 0 Å². The van der Waals surface area contributed by atoms with Crippen LogP contribution >= 0.6 is 11.6 Å². The molecule has 0 saturated heterocycles. The summed E-state index contributed by atoms with van der Waals surface area (Å²) in [4.78, 5) is 0. The maximum absolute atomic E-state index is 5.80. The lowest BCUT2D eigenvalue weighted by Gasteiger charge is -2.00. The van der Waals surface area contributed by atoms with E-state index in [0.717, 1.165) is 28.4 Å². The van der Waals surface area contributed by atoms with Gasteiger partial charge in [-0.05, 0) is 24.6 Å². The van der Waals surface area contributed by atoms with Crippen LogP contribution in [0, 0.1) is 6.07 Å². The van der Waals surface area contributed by atoms with Crippen molar-refractivity contribution in [1.29, 1.82) is 0 Å². The zero-order chi connectivity index (χ0) is 10.7. The molecule has 0 bridgehead atoms. The van der Waals surface area contributed by atoms with E-state index in [-0.39, 0.29) is 0 Å². The van der Waals surface area contributed by atoms with E-state index >= 15 is 0 Å². The number of hydrogen-bond acceptors (Lipinski definition) is 2. The van der Waals surface area contributed by atoms with Gasteiger partial charge in [0.15, 0.2) is 0 Å². The molecule has 0 N–H and O–H groups in total. The van der Waals surface area contributed by atoms with Crippen molar-refractivity contribution in [3.05, 3.63) is 47.1 Å². The molecule has 1 aromatic heterocycles. The maximum atomic E-state index is 5.80. The number of nitrogens with zero attached hydrogens (tertiary/aromatic N) is 2. The summed E-state index contributed by atoms with van der Waals surface area (Å²) in [5, 5.41) is 8.91. The molecule has 0 amide bonds. The van der Waals surface area contributed by atoms with Gasteiger partial charge in [-0.3, -0.25) is 0 Å². The molecule has 0 aliphatic heterocycles. The van der Waals surface area contributed by atoms with Gasteiger partial charge in [-0.15, -0.1) is 0 Å². The minimum atomic E-state index is 0.723. The summed E-state index contributed by atoms with van der Waals surface area (Å²) < 4.78 is 0. The van der Waals surface area contributed by atoms with Gasteiger partial charge in [-0.2, -0.15) is 10.2 Å². The first-order chi connectivity index (χ1) is 7.29. The molecule has 0 unspecified atom stereocenters. The van der Waals surface area contributed by atoms with E-state index in [0.29, 0.717) is 0 Å². The normalized spacial score (nSPS) is 10.3. The van der Waals surface area contributed by atoms with Gasteiger partial charge in [0.25, 0.3) is 0 Å². The minimum absolute atomic E-state index is 0.723. The molecule has 2 rings (SSSR count). The van der Waals surface area contributed by atoms with Crippen molar-refractivity contribution >= 4 is 11.6 Å². The van der Waals surface area contributed by atoms with Crippen molar-refractivity contribution in [2.24, 2.45) is 0 Å². The second-order valence-corrected chi connectivity index (χ2v) is 3.62. The van der Waals surface area contributed by atoms with Crippen LogP contribution in [0.2, 0.25) is 5.02 Å². The summed E-state index contributed by atoms with van der Waals surface area (Å²) >= 11 is 5.80. The molecule has 75 valence electrons. The molecule has 0 fully saturated rings. The Morgan fingerprint density at radius 3 is 2.47 bits per heavy atom. The van der Waals surface area contributed by atoms with Crippen LogP contribution in [-0.2, 0) is 6.42 Å². The molecule has 1 aromatic carbocycles. The molecule has 1 radical (unpaired) electrons. The lowest BCUT2D eigenvalue weighted by atomic mass is 10.1. The highest BCUT2D eigenvalue weighted by atomic mass is 35.5. The van der Waals surface area contributed by atoms with Gasteiger partial charge in [0.05, 0.1) is 11.4 Å². The molecule has 0 spiro atoms. The van der Waals surface area contributed by atoms with Crippen molar-refractivity contribution < 1.29 is 0 Å². The Hall–Kier alpha value is -1.41. The summed E-state index contributed by atoms with van der Waals surface area (Å²) in [5.74, 6) is 0. The lowest BCUT2D eigenvalue weighted by Crippen LogP contribution is -1.92. The zero-order valence-electron chi connectivity index (χ0n) is 8.37. The lowest BCUT2D eigenvalue weighted by molar-refractivity contribution is 0.920. The average molecular weight is 218 g/mol. The smallest absolute Gasteiger partial charge is 0.0936 e. The SMILES string of the molecule is CCc1[c]cc(-c2ccc(Cl)cc2)nn1. The fourth-order valence-corrected chi connectivity index (χ4v) is 1.38. The number of aryl methyl sites for hydroxylation is 1. The predicted molar refractivity (Wildman–Crippen MR) is 60.7 cm³/mol. The minimum Gasteiger partial charge on any atom is -0.154 e. The van der Waals surface area contributed by atoms with Gasteiger partial charge in [-0.25, -0.2) is 0 Å². The number of benzene rings is 1. The van der Waals surface area contributed by atoms with Crippen LogP contribution in [0.25, 0.3) is 11.3 Å². The number of rotatable bonds is 2. The quantitative estimate of drug-likeness (QED) is 0.772. The monoisotopic (exact) mass is 217 g/mol. The van der Waals surface area contributed by atoms with Gasteiger partial charge in [0.2, 0.25) is 0 Å². The molecule has 0 saturated carbocycles. The van der Waals surface area contributed by atoms with Crippen LogP contribution in [0.3, 0.4) is 0 Å². The van der Waals surface area contributed by atoms with Crippen molar-refractivity contribution in [2.75, 3.05) is 0 Å². The molecule has 15 heavy (non-hydrogen) atoms. The Kier molecular flexibility index (Phi) is 2.97. The molecule has 2 aromatic rings. The molecular weight excluding hydrogens is 208 g/mol. The van der Waals surface area contributed by atoms with Gasteiger partial charge in [0.1, 0.15) is 0 Å². The van der Waals surface area contributed by atoms with E-state index in [4.69, 9.17) is 11.6 Å². The molecule has 0 atom stereocenters. The summed E-state index contributed by atoms with van der Waals surface area (Å²) in [5.41, 5.74) is 2.71. The highest BCUT2D eigenvalue weighted by Crippen LogP contribution is 2.18. The third-order valence-electron chi connectivity index (χ3n) is 2.13. The second-order valence-electron chi connectivity index (χ2n) is 3.18. The van der Waals surface area contributed by atoms with Crippen LogP contribution < -0.4 is 0 Å². The third-order valence-corrected chi connectivity index (χ3v) is 2.38. The van der Waals surface area contributed by atoms with E-state index in [1.54, 1.807) is 0 Å². The first kappa shape index (κ1) is 10.1. The van der Waals surface area contributed by atoms with Crippen LogP contribution in [-0.4, -0.2) is 10.2 Å². The van der Waals surface area contributed by atoms with E-state index in [9.17, 15) is 0 Å². The van der Waals surface area contributed by atoms with Crippen LogP contribution in [0.5, 0.6) is 0 Å². The summed E-state index contributed by atoms with van der Waals surface area (Å²) in [6.07, 6.45) is 0.855. The number of aromatic nitrogens is 2. The first-order valence-corrected chi connectivity index (χ1v) is 5.17. The zero-order valence-corrected chi connectivity index (χ0v) is 9.12. The van der Waals surface area contributed by atoms with Crippen molar-refractivity contribution in [2.45, 2.75) is 13.3 Å². The molecule has 0 aliphatic carbocycles. The third kappa shape index (κ3) is 2.34. The maximum Gasteiger partial charge on any atom is 0.0936 e. The Labute approximate surface area is 93.9 Å². The molecule has 0 aliphatic rings. The summed E-state index contributed by atoms with van der Waals surface area (Å²) in [6.45, 7) is 2.03. The Bertz CT molecular complexity index is 434. The summed E-state index contributed by atoms with van der Waals surface area (Å²) in [6, 6.07) is 12.5. The molecular formula is C12H10ClN2. The topological polar surface area (TPSA) is 25.8 Å². The fraction of sp³-hybridized carbons (Fsp3) is 0.167. The highest BCUT2D eigenvalue weighted by molar-refractivity contribution is 6.30. The predicted octanol–water partition coefficient (Wildman–Crippen LogP) is 3.16. The van der Waals surface area contributed by atoms with Crippen molar-refractivity contribution in [3.63, 3.8) is 0 Å². The van der Waals surface area contributed by atoms with Gasteiger partial charge < -0.3 is 0 Å². The Balaban J connectivity index is 2.33. The fourth-order valence-electron chi connectivity index (χ4n) is 1.26. The molecule has 2 nitrogen and oxygen atoms in total. The van der Waals surface area contributed by atoms with Gasteiger partial charge in [0, 0.05) is 16.7 Å². The summed E-state index contributed by atoms with van der Waals surface area (Å²) in [7, 11) is 0. The first-order valence-electron chi connectivity index (χ1n) is 4.80. The van der Waals surface area contributed by atoms with Crippen LogP contribution in [0.1, 0.15) is 12.6 Å². The van der Waals surface area contributed by atoms with E-state index in [2.05, 4.69) is 16.3 Å². The molecule has 3 heteroatoms. The van der Waals surface area contributed by atoms with Crippen LogP contribution in [0.4, 0.5) is 0 Å². The second kappa shape index (κ2) is 4.41. The Morgan fingerprint density at radius 2 is 1.93 bits per heavy atom. The number of halogens is 1. The van der Waals surface area contributed by atoms with Crippen molar-refractivity contribution in [3.8, 4) is 11.3 Å². The van der Waals surface area contributed by atoms with E-state index in [1.807, 2.05) is 37.3 Å². The standard InChI is InChI=1S/C12H10ClN2/c1-2-11-7-8-12(15-14-11)9-3-5-10(13)6-4-9/h3-6,8H,2H2,1H3. The highest BCUT2D eigenvalue weighted by Gasteiger charge is 2.00. The van der Waals surface area contributed by atoms with Crippen LogP contribution in [0.15, 0.2) is 30.3 Å². The van der Waals surface area contributed by atoms with E-state index in [1.165, 1.54) is 0 Å². The van der Waals surface area contributed by atoms with E-state index < -0.39 is 0 Å². The Morgan fingerprint density at radius 1 is 1.20 bits per heavy atom. The van der Waals surface area contributed by atoms with Gasteiger partial charge in [-0.1, -0.05) is 30.7 Å². The van der Waals surface area contributed by atoms with Crippen molar-refractivity contribution in [1.82, 2.24) is 10.2 Å². The number of hydrogen-bond donors (Lipinski definition) is 0. The average Bonchev–Trinajstić information content (AvgIpc) is 2.30. The molecule has 1 heterocycles. The largest absolute Gasteiger partial charge is 0.154 e.